The maximum absolute atomic E-state index is 12.7. The topological polar surface area (TPSA) is 75.3 Å². The second-order valence-corrected chi connectivity index (χ2v) is 8.58. The Labute approximate surface area is 182 Å². The molecule has 1 N–H and O–H groups in total. The number of nitrogens with zero attached hydrogens (tertiary/aromatic N) is 2. The number of nitrogens with one attached hydrogen (secondary N) is 1. The van der Waals surface area contributed by atoms with Crippen LogP contribution in [0, 0.1) is 6.92 Å². The molecule has 0 bridgehead atoms. The third-order valence-electron chi connectivity index (χ3n) is 4.77. The summed E-state index contributed by atoms with van der Waals surface area (Å²) in [6, 6.07) is 5.18. The van der Waals surface area contributed by atoms with Gasteiger partial charge in [0.2, 0.25) is 0 Å². The predicted molar refractivity (Wildman–Crippen MR) is 117 cm³/mol. The van der Waals surface area contributed by atoms with Gasteiger partial charge in [-0.05, 0) is 51.1 Å². The smallest absolute Gasteiger partial charge is 0.348 e. The van der Waals surface area contributed by atoms with Crippen LogP contribution in [0.15, 0.2) is 23.0 Å². The summed E-state index contributed by atoms with van der Waals surface area (Å²) in [6.07, 6.45) is 0. The summed E-state index contributed by atoms with van der Waals surface area (Å²) in [5, 5.41) is 1.59. The average molecular weight is 454 g/mol. The second kappa shape index (κ2) is 8.83. The van der Waals surface area contributed by atoms with Gasteiger partial charge in [0.05, 0.1) is 18.0 Å². The molecular weight excluding hydrogens is 433 g/mol. The van der Waals surface area contributed by atoms with E-state index < -0.39 is 5.97 Å². The van der Waals surface area contributed by atoms with Crippen molar-refractivity contribution in [1.29, 1.82) is 0 Å². The molecule has 9 heteroatoms. The van der Waals surface area contributed by atoms with E-state index in [0.29, 0.717) is 43.1 Å². The number of aromatic amines is 1. The number of thiophene rings is 1. The van der Waals surface area contributed by atoms with Crippen LogP contribution in [0.2, 0.25) is 10.0 Å². The highest BCUT2D eigenvalue weighted by atomic mass is 35.5. The number of carbonyl (C=O) groups is 1. The standard InChI is InChI=1S/C20H21Cl2N3O3S/c1-5-28-20(27)16-10(2)15-18(26)23-17(24-19(15)29-16)11(3)25(4)9-12-6-7-13(21)8-14(12)22/h6-8,11H,5,9H2,1-4H3,(H,23,24,26)/t11-/m0/s1. The number of H-pyrrole nitrogens is 1. The molecule has 3 aromatic rings. The first kappa shape index (κ1) is 21.8. The summed E-state index contributed by atoms with van der Waals surface area (Å²) < 4.78 is 5.08. The normalized spacial score (nSPS) is 12.5. The molecule has 0 amide bonds. The molecule has 3 rings (SSSR count). The molecule has 2 aromatic heterocycles. The van der Waals surface area contributed by atoms with Crippen molar-refractivity contribution >= 4 is 50.7 Å². The number of halogens is 2. The Morgan fingerprint density at radius 1 is 1.38 bits per heavy atom. The molecule has 0 unspecified atom stereocenters. The quantitative estimate of drug-likeness (QED) is 0.533. The van der Waals surface area contributed by atoms with Gasteiger partial charge in [-0.1, -0.05) is 29.3 Å². The Bertz CT molecular complexity index is 1130. The van der Waals surface area contributed by atoms with E-state index in [1.54, 1.807) is 26.0 Å². The Balaban J connectivity index is 1.92. The molecule has 6 nitrogen and oxygen atoms in total. The first-order chi connectivity index (χ1) is 13.7. The largest absolute Gasteiger partial charge is 0.462 e. The first-order valence-corrected chi connectivity index (χ1v) is 10.6. The van der Waals surface area contributed by atoms with Crippen LogP contribution in [-0.2, 0) is 11.3 Å². The summed E-state index contributed by atoms with van der Waals surface area (Å²) in [5.41, 5.74) is 1.25. The zero-order valence-corrected chi connectivity index (χ0v) is 18.8. The molecule has 0 saturated heterocycles. The van der Waals surface area contributed by atoms with Crippen molar-refractivity contribution in [2.75, 3.05) is 13.7 Å². The average Bonchev–Trinajstić information content (AvgIpc) is 3.00. The molecule has 0 spiro atoms. The molecule has 1 aromatic carbocycles. The minimum absolute atomic E-state index is 0.188. The van der Waals surface area contributed by atoms with Gasteiger partial charge in [-0.15, -0.1) is 11.3 Å². The summed E-state index contributed by atoms with van der Waals surface area (Å²) in [4.78, 5) is 35.3. The van der Waals surface area contributed by atoms with Gasteiger partial charge in [-0.3, -0.25) is 9.69 Å². The Morgan fingerprint density at radius 3 is 2.76 bits per heavy atom. The molecule has 29 heavy (non-hydrogen) atoms. The summed E-state index contributed by atoms with van der Waals surface area (Å²) in [7, 11) is 1.92. The molecule has 0 aliphatic heterocycles. The molecule has 1 atom stereocenters. The van der Waals surface area contributed by atoms with E-state index in [0.717, 1.165) is 5.56 Å². The van der Waals surface area contributed by atoms with Crippen LogP contribution in [0.4, 0.5) is 0 Å². The van der Waals surface area contributed by atoms with Gasteiger partial charge in [0.1, 0.15) is 15.5 Å². The maximum atomic E-state index is 12.7. The molecule has 154 valence electrons. The number of carbonyl (C=O) groups excluding carboxylic acids is 1. The molecule has 2 heterocycles. The second-order valence-electron chi connectivity index (χ2n) is 6.73. The van der Waals surface area contributed by atoms with Crippen molar-refractivity contribution in [2.45, 2.75) is 33.4 Å². The van der Waals surface area contributed by atoms with Gasteiger partial charge in [0.25, 0.3) is 5.56 Å². The summed E-state index contributed by atoms with van der Waals surface area (Å²) in [5.74, 6) is 0.0863. The third-order valence-corrected chi connectivity index (χ3v) is 6.52. The minimum atomic E-state index is -0.434. The van der Waals surface area contributed by atoms with Gasteiger partial charge in [0, 0.05) is 16.6 Å². The Kier molecular flexibility index (Phi) is 6.63. The van der Waals surface area contributed by atoms with Crippen LogP contribution in [0.5, 0.6) is 0 Å². The van der Waals surface area contributed by atoms with E-state index in [9.17, 15) is 9.59 Å². The zero-order chi connectivity index (χ0) is 21.3. The van der Waals surface area contributed by atoms with E-state index in [-0.39, 0.29) is 18.2 Å². The van der Waals surface area contributed by atoms with Gasteiger partial charge < -0.3 is 9.72 Å². The van der Waals surface area contributed by atoms with Crippen LogP contribution in [-0.4, -0.2) is 34.5 Å². The number of ether oxygens (including phenoxy) is 1. The third kappa shape index (κ3) is 4.48. The fourth-order valence-electron chi connectivity index (χ4n) is 3.01. The van der Waals surface area contributed by atoms with Crippen LogP contribution in [0.1, 0.15) is 46.5 Å². The lowest BCUT2D eigenvalue weighted by molar-refractivity contribution is 0.0531. The van der Waals surface area contributed by atoms with Gasteiger partial charge in [-0.25, -0.2) is 9.78 Å². The van der Waals surface area contributed by atoms with Gasteiger partial charge in [0.15, 0.2) is 0 Å². The predicted octanol–water partition coefficient (Wildman–Crippen LogP) is 4.97. The fraction of sp³-hybridized carbons (Fsp3) is 0.350. The Hall–Kier alpha value is -1.93. The van der Waals surface area contributed by atoms with E-state index >= 15 is 0 Å². The maximum Gasteiger partial charge on any atom is 0.348 e. The van der Waals surface area contributed by atoms with Crippen molar-refractivity contribution in [3.05, 3.63) is 60.4 Å². The molecule has 0 saturated carbocycles. The molecule has 0 aliphatic carbocycles. The van der Waals surface area contributed by atoms with Crippen molar-refractivity contribution < 1.29 is 9.53 Å². The lowest BCUT2D eigenvalue weighted by Gasteiger charge is -2.24. The van der Waals surface area contributed by atoms with Crippen LogP contribution in [0.25, 0.3) is 10.2 Å². The molecule has 0 radical (unpaired) electrons. The summed E-state index contributed by atoms with van der Waals surface area (Å²) >= 11 is 13.4. The first-order valence-electron chi connectivity index (χ1n) is 9.07. The number of rotatable bonds is 6. The van der Waals surface area contributed by atoms with Crippen LogP contribution < -0.4 is 5.56 Å². The number of aromatic nitrogens is 2. The van der Waals surface area contributed by atoms with E-state index in [4.69, 9.17) is 27.9 Å². The SMILES string of the molecule is CCOC(=O)c1sc2nc([C@H](C)N(C)Cc3ccc(Cl)cc3Cl)[nH]c(=O)c2c1C. The van der Waals surface area contributed by atoms with Crippen molar-refractivity contribution in [1.82, 2.24) is 14.9 Å². The minimum Gasteiger partial charge on any atom is -0.462 e. The molecular formula is C20H21Cl2N3O3S. The van der Waals surface area contributed by atoms with E-state index in [2.05, 4.69) is 9.97 Å². The number of hydrogen-bond donors (Lipinski definition) is 1. The van der Waals surface area contributed by atoms with E-state index in [1.165, 1.54) is 11.3 Å². The highest BCUT2D eigenvalue weighted by Crippen LogP contribution is 2.29. The van der Waals surface area contributed by atoms with Gasteiger partial charge in [-0.2, -0.15) is 0 Å². The number of benzene rings is 1. The Morgan fingerprint density at radius 2 is 2.10 bits per heavy atom. The fourth-order valence-corrected chi connectivity index (χ4v) is 4.56. The summed E-state index contributed by atoms with van der Waals surface area (Å²) in [6.45, 7) is 6.25. The highest BCUT2D eigenvalue weighted by Gasteiger charge is 2.22. The number of aryl methyl sites for hydroxylation is 1. The number of esters is 1. The molecule has 0 fully saturated rings. The lowest BCUT2D eigenvalue weighted by Crippen LogP contribution is -2.26. The van der Waals surface area contributed by atoms with Crippen molar-refractivity contribution in [2.24, 2.45) is 0 Å². The molecule has 0 aliphatic rings. The van der Waals surface area contributed by atoms with E-state index in [1.807, 2.05) is 24.9 Å². The van der Waals surface area contributed by atoms with Crippen LogP contribution >= 0.6 is 34.5 Å². The number of fused-ring (bicyclic) bond motifs is 1. The van der Waals surface area contributed by atoms with Crippen LogP contribution in [0.3, 0.4) is 0 Å². The van der Waals surface area contributed by atoms with Crippen molar-refractivity contribution in [3.8, 4) is 0 Å². The number of hydrogen-bond acceptors (Lipinski definition) is 6. The monoisotopic (exact) mass is 453 g/mol. The highest BCUT2D eigenvalue weighted by molar-refractivity contribution is 7.20. The zero-order valence-electron chi connectivity index (χ0n) is 16.5. The van der Waals surface area contributed by atoms with Gasteiger partial charge >= 0.3 is 5.97 Å². The lowest BCUT2D eigenvalue weighted by atomic mass is 10.1. The van der Waals surface area contributed by atoms with Crippen molar-refractivity contribution in [3.63, 3.8) is 0 Å².